The van der Waals surface area contributed by atoms with Crippen LogP contribution in [-0.2, 0) is 4.79 Å². The Kier molecular flexibility index (Phi) is 4.14. The molecule has 0 aromatic rings. The number of amides is 1. The van der Waals surface area contributed by atoms with Crippen LogP contribution in [0.4, 0.5) is 0 Å². The molecule has 1 saturated carbocycles. The highest BCUT2D eigenvalue weighted by Crippen LogP contribution is 2.53. The van der Waals surface area contributed by atoms with E-state index in [1.807, 2.05) is 0 Å². The minimum Gasteiger partial charge on any atom is -0.342 e. The van der Waals surface area contributed by atoms with E-state index < -0.39 is 0 Å². The van der Waals surface area contributed by atoms with Gasteiger partial charge in [0.1, 0.15) is 0 Å². The molecule has 102 valence electrons. The SMILES string of the molecule is C/C=C/C[C@H]1C[C@@H](C(=O)N2CCCCC2)C1(C)C. The molecule has 1 aliphatic carbocycles. The maximum atomic E-state index is 12.5. The van der Waals surface area contributed by atoms with Gasteiger partial charge in [-0.3, -0.25) is 4.79 Å². The Labute approximate surface area is 111 Å². The zero-order chi connectivity index (χ0) is 13.2. The van der Waals surface area contributed by atoms with E-state index in [2.05, 4.69) is 37.8 Å². The van der Waals surface area contributed by atoms with E-state index in [-0.39, 0.29) is 11.3 Å². The minimum absolute atomic E-state index is 0.189. The van der Waals surface area contributed by atoms with Gasteiger partial charge in [-0.1, -0.05) is 26.0 Å². The number of piperidine rings is 1. The molecule has 0 radical (unpaired) electrons. The Morgan fingerprint density at radius 1 is 1.28 bits per heavy atom. The second kappa shape index (κ2) is 5.46. The molecule has 0 N–H and O–H groups in total. The van der Waals surface area contributed by atoms with Gasteiger partial charge in [0.05, 0.1) is 0 Å². The summed E-state index contributed by atoms with van der Waals surface area (Å²) in [5.41, 5.74) is 0.189. The molecule has 2 nitrogen and oxygen atoms in total. The third-order valence-electron chi connectivity index (χ3n) is 5.09. The highest BCUT2D eigenvalue weighted by Gasteiger charge is 2.51. The van der Waals surface area contributed by atoms with Crippen molar-refractivity contribution < 1.29 is 4.79 Å². The average Bonchev–Trinajstić information content (AvgIpc) is 2.38. The quantitative estimate of drug-likeness (QED) is 0.699. The second-order valence-corrected chi connectivity index (χ2v) is 6.50. The van der Waals surface area contributed by atoms with Crippen LogP contribution in [0.15, 0.2) is 12.2 Å². The first-order chi connectivity index (χ1) is 8.57. The number of nitrogens with zero attached hydrogens (tertiary/aromatic N) is 1. The average molecular weight is 249 g/mol. The number of rotatable bonds is 3. The van der Waals surface area contributed by atoms with Crippen LogP contribution in [-0.4, -0.2) is 23.9 Å². The number of allylic oxidation sites excluding steroid dienone is 2. The lowest BCUT2D eigenvalue weighted by molar-refractivity contribution is -0.152. The van der Waals surface area contributed by atoms with Crippen molar-refractivity contribution >= 4 is 5.91 Å². The molecular weight excluding hydrogens is 222 g/mol. The summed E-state index contributed by atoms with van der Waals surface area (Å²) in [7, 11) is 0. The van der Waals surface area contributed by atoms with Gasteiger partial charge in [-0.25, -0.2) is 0 Å². The van der Waals surface area contributed by atoms with Gasteiger partial charge < -0.3 is 4.90 Å². The highest BCUT2D eigenvalue weighted by atomic mass is 16.2. The lowest BCUT2D eigenvalue weighted by Gasteiger charge is -2.52. The number of carbonyl (C=O) groups excluding carboxylic acids is 1. The Hall–Kier alpha value is -0.790. The van der Waals surface area contributed by atoms with Crippen molar-refractivity contribution in [3.8, 4) is 0 Å². The second-order valence-electron chi connectivity index (χ2n) is 6.50. The van der Waals surface area contributed by atoms with E-state index in [4.69, 9.17) is 0 Å². The van der Waals surface area contributed by atoms with Gasteiger partial charge >= 0.3 is 0 Å². The van der Waals surface area contributed by atoms with Crippen molar-refractivity contribution in [1.29, 1.82) is 0 Å². The van der Waals surface area contributed by atoms with E-state index >= 15 is 0 Å². The molecule has 1 aliphatic heterocycles. The molecule has 2 rings (SSSR count). The van der Waals surface area contributed by atoms with Gasteiger partial charge in [-0.2, -0.15) is 0 Å². The molecule has 0 spiro atoms. The monoisotopic (exact) mass is 249 g/mol. The van der Waals surface area contributed by atoms with Gasteiger partial charge in [-0.15, -0.1) is 0 Å². The van der Waals surface area contributed by atoms with E-state index in [0.29, 0.717) is 11.8 Å². The standard InChI is InChI=1S/C16H27NO/c1-4-5-9-13-12-14(16(13,2)3)15(18)17-10-7-6-8-11-17/h4-5,13-14H,6-12H2,1-3H3/b5-4+/t13-,14-/m0/s1. The molecule has 18 heavy (non-hydrogen) atoms. The van der Waals surface area contributed by atoms with Crippen molar-refractivity contribution in [3.63, 3.8) is 0 Å². The third-order valence-corrected chi connectivity index (χ3v) is 5.09. The van der Waals surface area contributed by atoms with Crippen molar-refractivity contribution in [2.75, 3.05) is 13.1 Å². The summed E-state index contributed by atoms with van der Waals surface area (Å²) in [5.74, 6) is 1.38. The Bertz CT molecular complexity index is 326. The fourth-order valence-electron chi connectivity index (χ4n) is 3.47. The molecule has 0 aromatic heterocycles. The summed E-state index contributed by atoms with van der Waals surface area (Å²) >= 11 is 0. The molecule has 1 saturated heterocycles. The Morgan fingerprint density at radius 3 is 2.50 bits per heavy atom. The summed E-state index contributed by atoms with van der Waals surface area (Å²) < 4.78 is 0. The number of likely N-dealkylation sites (tertiary alicyclic amines) is 1. The Balaban J connectivity index is 1.92. The summed E-state index contributed by atoms with van der Waals surface area (Å²) in [4.78, 5) is 14.6. The first-order valence-corrected chi connectivity index (χ1v) is 7.47. The molecule has 2 fully saturated rings. The van der Waals surface area contributed by atoms with Gasteiger partial charge in [0.2, 0.25) is 5.91 Å². The predicted molar refractivity (Wildman–Crippen MR) is 75.2 cm³/mol. The first-order valence-electron chi connectivity index (χ1n) is 7.47. The van der Waals surface area contributed by atoms with Crippen LogP contribution < -0.4 is 0 Å². The summed E-state index contributed by atoms with van der Waals surface area (Å²) in [6, 6.07) is 0. The van der Waals surface area contributed by atoms with Crippen molar-refractivity contribution in [2.24, 2.45) is 17.3 Å². The number of hydrogen-bond donors (Lipinski definition) is 0. The molecule has 2 aliphatic rings. The molecule has 1 heterocycles. The molecule has 2 heteroatoms. The first kappa shape index (κ1) is 13.6. The predicted octanol–water partition coefficient (Wildman–Crippen LogP) is 3.63. The lowest BCUT2D eigenvalue weighted by atomic mass is 9.53. The van der Waals surface area contributed by atoms with Crippen molar-refractivity contribution in [2.45, 2.75) is 52.9 Å². The van der Waals surface area contributed by atoms with Gasteiger partial charge in [0, 0.05) is 19.0 Å². The topological polar surface area (TPSA) is 20.3 Å². The summed E-state index contributed by atoms with van der Waals surface area (Å²) in [6.07, 6.45) is 10.3. The molecular formula is C16H27NO. The molecule has 0 unspecified atom stereocenters. The van der Waals surface area contributed by atoms with E-state index in [0.717, 1.165) is 25.9 Å². The van der Waals surface area contributed by atoms with Crippen molar-refractivity contribution in [3.05, 3.63) is 12.2 Å². The fourth-order valence-corrected chi connectivity index (χ4v) is 3.47. The van der Waals surface area contributed by atoms with Crippen LogP contribution >= 0.6 is 0 Å². The third kappa shape index (κ3) is 2.48. The zero-order valence-corrected chi connectivity index (χ0v) is 12.1. The number of hydrogen-bond acceptors (Lipinski definition) is 1. The van der Waals surface area contributed by atoms with Crippen LogP contribution in [0, 0.1) is 17.3 Å². The minimum atomic E-state index is 0.189. The number of carbonyl (C=O) groups is 1. The molecule has 0 aromatic carbocycles. The van der Waals surface area contributed by atoms with E-state index in [1.165, 1.54) is 19.3 Å². The maximum absolute atomic E-state index is 12.5. The fraction of sp³-hybridized carbons (Fsp3) is 0.812. The van der Waals surface area contributed by atoms with Crippen LogP contribution in [0.5, 0.6) is 0 Å². The van der Waals surface area contributed by atoms with Crippen LogP contribution in [0.25, 0.3) is 0 Å². The van der Waals surface area contributed by atoms with E-state index in [9.17, 15) is 4.79 Å². The van der Waals surface area contributed by atoms with Crippen LogP contribution in [0.3, 0.4) is 0 Å². The molecule has 1 amide bonds. The van der Waals surface area contributed by atoms with Gasteiger partial charge in [-0.05, 0) is 50.4 Å². The molecule has 0 bridgehead atoms. The molecule has 2 atom stereocenters. The maximum Gasteiger partial charge on any atom is 0.226 e. The van der Waals surface area contributed by atoms with Crippen LogP contribution in [0.2, 0.25) is 0 Å². The lowest BCUT2D eigenvalue weighted by Crippen LogP contribution is -2.54. The van der Waals surface area contributed by atoms with Crippen LogP contribution in [0.1, 0.15) is 52.9 Å². The normalized spacial score (nSPS) is 31.4. The summed E-state index contributed by atoms with van der Waals surface area (Å²) in [6.45, 7) is 8.60. The smallest absolute Gasteiger partial charge is 0.226 e. The van der Waals surface area contributed by atoms with E-state index in [1.54, 1.807) is 0 Å². The zero-order valence-electron chi connectivity index (χ0n) is 12.1. The Morgan fingerprint density at radius 2 is 1.94 bits per heavy atom. The van der Waals surface area contributed by atoms with Gasteiger partial charge in [0.25, 0.3) is 0 Å². The highest BCUT2D eigenvalue weighted by molar-refractivity contribution is 5.80. The van der Waals surface area contributed by atoms with Crippen molar-refractivity contribution in [1.82, 2.24) is 4.90 Å². The largest absolute Gasteiger partial charge is 0.342 e. The van der Waals surface area contributed by atoms with Gasteiger partial charge in [0.15, 0.2) is 0 Å². The summed E-state index contributed by atoms with van der Waals surface area (Å²) in [5, 5.41) is 0.